The molecule has 0 atom stereocenters. The average molecular weight is 208 g/mol. The maximum Gasteiger partial charge on any atom is 0.163 e. The van der Waals surface area contributed by atoms with E-state index >= 15 is 0 Å². The molecule has 0 aromatic heterocycles. The molecule has 0 spiro atoms. The molecule has 0 fully saturated rings. The van der Waals surface area contributed by atoms with Crippen LogP contribution in [0.3, 0.4) is 0 Å². The van der Waals surface area contributed by atoms with Crippen LogP contribution in [0.5, 0.6) is 0 Å². The van der Waals surface area contributed by atoms with Gasteiger partial charge in [-0.2, -0.15) is 15.8 Å². The van der Waals surface area contributed by atoms with Gasteiger partial charge in [0.2, 0.25) is 0 Å². The molecule has 0 saturated carbocycles. The number of rotatable bonds is 3. The Morgan fingerprint density at radius 3 is 2.12 bits per heavy atom. The van der Waals surface area contributed by atoms with Gasteiger partial charge >= 0.3 is 0 Å². The van der Waals surface area contributed by atoms with Crippen molar-refractivity contribution in [3.63, 3.8) is 0 Å². The fourth-order valence-corrected chi connectivity index (χ4v) is 1.11. The lowest BCUT2D eigenvalue weighted by atomic mass is 10.2. The van der Waals surface area contributed by atoms with E-state index in [4.69, 9.17) is 15.8 Å². The molecule has 1 rings (SSSR count). The van der Waals surface area contributed by atoms with E-state index in [1.807, 2.05) is 30.3 Å². The largest absolute Gasteiger partial charge is 0.371 e. The SMILES string of the molecule is N#CC(C#N)=C(C#N)NCc1ccccc1. The van der Waals surface area contributed by atoms with Gasteiger partial charge in [0.15, 0.2) is 5.57 Å². The van der Waals surface area contributed by atoms with Crippen LogP contribution in [0, 0.1) is 34.0 Å². The van der Waals surface area contributed by atoms with E-state index in [9.17, 15) is 0 Å². The predicted octanol–water partition coefficient (Wildman–Crippen LogP) is 1.60. The molecule has 76 valence electrons. The van der Waals surface area contributed by atoms with E-state index in [1.54, 1.807) is 18.2 Å². The molecule has 16 heavy (non-hydrogen) atoms. The van der Waals surface area contributed by atoms with Crippen LogP contribution in [0.2, 0.25) is 0 Å². The summed E-state index contributed by atoms with van der Waals surface area (Å²) in [4.78, 5) is 0. The van der Waals surface area contributed by atoms with Crippen LogP contribution >= 0.6 is 0 Å². The molecule has 0 aliphatic heterocycles. The third-order valence-electron chi connectivity index (χ3n) is 1.90. The van der Waals surface area contributed by atoms with Crippen molar-refractivity contribution in [1.29, 1.82) is 15.8 Å². The van der Waals surface area contributed by atoms with Crippen molar-refractivity contribution in [2.24, 2.45) is 0 Å². The van der Waals surface area contributed by atoms with E-state index in [2.05, 4.69) is 5.32 Å². The topological polar surface area (TPSA) is 83.4 Å². The number of nitrogens with zero attached hydrogens (tertiary/aromatic N) is 3. The summed E-state index contributed by atoms with van der Waals surface area (Å²) in [7, 11) is 0. The second-order valence-corrected chi connectivity index (χ2v) is 2.92. The monoisotopic (exact) mass is 208 g/mol. The summed E-state index contributed by atoms with van der Waals surface area (Å²) in [5, 5.41) is 28.7. The molecule has 1 N–H and O–H groups in total. The van der Waals surface area contributed by atoms with Crippen LogP contribution in [-0.2, 0) is 6.54 Å². The molecule has 4 heteroatoms. The molecular formula is C12H8N4. The summed E-state index contributed by atoms with van der Waals surface area (Å²) in [6.45, 7) is 0.413. The Balaban J connectivity index is 2.77. The van der Waals surface area contributed by atoms with Gasteiger partial charge in [-0.15, -0.1) is 0 Å². The molecule has 0 aliphatic carbocycles. The van der Waals surface area contributed by atoms with E-state index in [0.29, 0.717) is 6.54 Å². The second-order valence-electron chi connectivity index (χ2n) is 2.92. The molecule has 1 aromatic carbocycles. The van der Waals surface area contributed by atoms with E-state index in [1.165, 1.54) is 0 Å². The average Bonchev–Trinajstić information content (AvgIpc) is 2.35. The Kier molecular flexibility index (Phi) is 4.14. The summed E-state index contributed by atoms with van der Waals surface area (Å²) in [6, 6.07) is 14.6. The van der Waals surface area contributed by atoms with Crippen molar-refractivity contribution >= 4 is 0 Å². The molecule has 4 nitrogen and oxygen atoms in total. The first-order chi connectivity index (χ1) is 7.81. The molecule has 0 saturated heterocycles. The van der Waals surface area contributed by atoms with Gasteiger partial charge in [-0.25, -0.2) is 0 Å². The Hall–Kier alpha value is -2.77. The lowest BCUT2D eigenvalue weighted by Crippen LogP contribution is -2.13. The highest BCUT2D eigenvalue weighted by atomic mass is 14.9. The third kappa shape index (κ3) is 2.87. The molecule has 1 aromatic rings. The van der Waals surface area contributed by atoms with Gasteiger partial charge in [-0.3, -0.25) is 0 Å². The first kappa shape index (κ1) is 11.3. The molecule has 0 heterocycles. The standard InChI is InChI=1S/C12H8N4/c13-6-11(7-14)12(8-15)16-9-10-4-2-1-3-5-10/h1-5,16H,9H2. The number of nitrogens with one attached hydrogen (secondary N) is 1. The second kappa shape index (κ2) is 5.86. The van der Waals surface area contributed by atoms with Crippen molar-refractivity contribution in [3.05, 3.63) is 47.2 Å². The molecule has 0 aliphatic rings. The number of hydrogen-bond donors (Lipinski definition) is 1. The fourth-order valence-electron chi connectivity index (χ4n) is 1.11. The Morgan fingerprint density at radius 2 is 1.62 bits per heavy atom. The maximum absolute atomic E-state index is 8.76. The van der Waals surface area contributed by atoms with Crippen molar-refractivity contribution < 1.29 is 0 Å². The van der Waals surface area contributed by atoms with Crippen LogP contribution < -0.4 is 5.32 Å². The van der Waals surface area contributed by atoms with Gasteiger partial charge in [0, 0.05) is 6.54 Å². The van der Waals surface area contributed by atoms with Crippen LogP contribution in [0.25, 0.3) is 0 Å². The molecule has 0 unspecified atom stereocenters. The summed E-state index contributed by atoms with van der Waals surface area (Å²) in [5.74, 6) is 0. The van der Waals surface area contributed by atoms with Gasteiger partial charge in [0.1, 0.15) is 23.9 Å². The minimum atomic E-state index is -0.196. The molecular weight excluding hydrogens is 200 g/mol. The zero-order chi connectivity index (χ0) is 11.8. The van der Waals surface area contributed by atoms with E-state index in [0.717, 1.165) is 5.56 Å². The molecule has 0 bridgehead atoms. The summed E-state index contributed by atoms with van der Waals surface area (Å²) >= 11 is 0. The molecule has 0 amide bonds. The maximum atomic E-state index is 8.76. The Morgan fingerprint density at radius 1 is 1.00 bits per heavy atom. The summed E-state index contributed by atoms with van der Waals surface area (Å²) in [5.41, 5.74) is 0.790. The normalized spacial score (nSPS) is 8.06. The predicted molar refractivity (Wildman–Crippen MR) is 57.1 cm³/mol. The minimum Gasteiger partial charge on any atom is -0.371 e. The van der Waals surface area contributed by atoms with Gasteiger partial charge < -0.3 is 5.32 Å². The highest BCUT2D eigenvalue weighted by Gasteiger charge is 2.04. The van der Waals surface area contributed by atoms with Crippen LogP contribution in [-0.4, -0.2) is 0 Å². The smallest absolute Gasteiger partial charge is 0.163 e. The minimum absolute atomic E-state index is 0.00820. The third-order valence-corrected chi connectivity index (χ3v) is 1.90. The lowest BCUT2D eigenvalue weighted by Gasteiger charge is -2.03. The van der Waals surface area contributed by atoms with E-state index in [-0.39, 0.29) is 11.3 Å². The summed E-state index contributed by atoms with van der Waals surface area (Å²) < 4.78 is 0. The number of benzene rings is 1. The van der Waals surface area contributed by atoms with E-state index < -0.39 is 0 Å². The molecule has 0 radical (unpaired) electrons. The van der Waals surface area contributed by atoms with Crippen LogP contribution in [0.15, 0.2) is 41.6 Å². The fraction of sp³-hybridized carbons (Fsp3) is 0.0833. The Bertz CT molecular complexity index is 493. The highest BCUT2D eigenvalue weighted by molar-refractivity contribution is 5.45. The highest BCUT2D eigenvalue weighted by Crippen LogP contribution is 2.02. The van der Waals surface area contributed by atoms with Crippen molar-refractivity contribution in [2.75, 3.05) is 0 Å². The van der Waals surface area contributed by atoms with Gasteiger partial charge in [-0.05, 0) is 5.56 Å². The number of allylic oxidation sites excluding steroid dienone is 2. The quantitative estimate of drug-likeness (QED) is 0.764. The zero-order valence-electron chi connectivity index (χ0n) is 8.44. The summed E-state index contributed by atoms with van der Waals surface area (Å²) in [6.07, 6.45) is 0. The van der Waals surface area contributed by atoms with Crippen LogP contribution in [0.1, 0.15) is 5.56 Å². The first-order valence-electron chi connectivity index (χ1n) is 4.54. The van der Waals surface area contributed by atoms with Crippen molar-refractivity contribution in [1.82, 2.24) is 5.32 Å². The first-order valence-corrected chi connectivity index (χ1v) is 4.54. The number of nitriles is 3. The van der Waals surface area contributed by atoms with Gasteiger partial charge in [0.25, 0.3) is 0 Å². The van der Waals surface area contributed by atoms with Crippen LogP contribution in [0.4, 0.5) is 0 Å². The Labute approximate surface area is 93.7 Å². The lowest BCUT2D eigenvalue weighted by molar-refractivity contribution is 0.833. The zero-order valence-corrected chi connectivity index (χ0v) is 8.44. The van der Waals surface area contributed by atoms with Crippen molar-refractivity contribution in [2.45, 2.75) is 6.54 Å². The van der Waals surface area contributed by atoms with Crippen molar-refractivity contribution in [3.8, 4) is 18.2 Å². The number of hydrogen-bond acceptors (Lipinski definition) is 4. The van der Waals surface area contributed by atoms with Gasteiger partial charge in [0.05, 0.1) is 0 Å². The van der Waals surface area contributed by atoms with Gasteiger partial charge in [-0.1, -0.05) is 30.3 Å².